The third kappa shape index (κ3) is 2.45. The van der Waals surface area contributed by atoms with Gasteiger partial charge >= 0.3 is 0 Å². The molecule has 0 aromatic carbocycles. The van der Waals surface area contributed by atoms with E-state index in [0.717, 1.165) is 23.4 Å². The second-order valence-corrected chi connectivity index (χ2v) is 4.36. The monoisotopic (exact) mass is 255 g/mol. The summed E-state index contributed by atoms with van der Waals surface area (Å²) in [6.07, 6.45) is 4.15. The number of anilines is 1. The normalized spacial score (nSPS) is 18.1. The molecule has 0 bridgehead atoms. The summed E-state index contributed by atoms with van der Waals surface area (Å²) in [5.41, 5.74) is 0. The molecule has 1 fully saturated rings. The molecule has 76 valence electrons. The fourth-order valence-electron chi connectivity index (χ4n) is 1.65. The van der Waals surface area contributed by atoms with E-state index in [1.165, 1.54) is 12.8 Å². The Labute approximate surface area is 92.4 Å². The van der Waals surface area contributed by atoms with Gasteiger partial charge < -0.3 is 10.6 Å². The van der Waals surface area contributed by atoms with Crippen LogP contribution >= 0.6 is 15.9 Å². The molecule has 0 amide bonds. The number of halogens is 1. The molecule has 1 saturated heterocycles. The van der Waals surface area contributed by atoms with Gasteiger partial charge in [-0.25, -0.2) is 4.98 Å². The minimum absolute atomic E-state index is 0.558. The summed E-state index contributed by atoms with van der Waals surface area (Å²) in [5.74, 6) is 0.958. The molecule has 1 aliphatic heterocycles. The number of nitrogens with zero attached hydrogens (tertiary/aromatic N) is 1. The maximum Gasteiger partial charge on any atom is 0.140 e. The molecule has 0 spiro atoms. The Bertz CT molecular complexity index is 297. The van der Waals surface area contributed by atoms with Crippen LogP contribution in [-0.2, 0) is 0 Å². The predicted octanol–water partition coefficient (Wildman–Crippen LogP) is 2.01. The van der Waals surface area contributed by atoms with Crippen molar-refractivity contribution in [2.24, 2.45) is 0 Å². The fraction of sp³-hybridized carbons (Fsp3) is 0.500. The van der Waals surface area contributed by atoms with Gasteiger partial charge in [0.1, 0.15) is 5.82 Å². The minimum atomic E-state index is 0.558. The van der Waals surface area contributed by atoms with E-state index in [0.29, 0.717) is 6.04 Å². The molecule has 3 nitrogen and oxygen atoms in total. The summed E-state index contributed by atoms with van der Waals surface area (Å²) in [6.45, 7) is 2.20. The molecule has 1 aliphatic rings. The predicted molar refractivity (Wildman–Crippen MR) is 61.5 cm³/mol. The zero-order chi connectivity index (χ0) is 9.80. The smallest absolute Gasteiger partial charge is 0.140 e. The van der Waals surface area contributed by atoms with Crippen LogP contribution < -0.4 is 10.6 Å². The molecule has 2 N–H and O–H groups in total. The van der Waals surface area contributed by atoms with Crippen LogP contribution in [0.4, 0.5) is 5.82 Å². The maximum absolute atomic E-state index is 4.29. The Hall–Kier alpha value is -0.610. The van der Waals surface area contributed by atoms with Crippen molar-refractivity contribution < 1.29 is 0 Å². The van der Waals surface area contributed by atoms with E-state index in [4.69, 9.17) is 0 Å². The van der Waals surface area contributed by atoms with Crippen molar-refractivity contribution in [1.29, 1.82) is 0 Å². The van der Waals surface area contributed by atoms with E-state index in [-0.39, 0.29) is 0 Å². The van der Waals surface area contributed by atoms with Gasteiger partial charge in [-0.2, -0.15) is 0 Å². The van der Waals surface area contributed by atoms with Gasteiger partial charge in [-0.1, -0.05) is 0 Å². The molecule has 0 unspecified atom stereocenters. The summed E-state index contributed by atoms with van der Waals surface area (Å²) in [4.78, 5) is 4.29. The van der Waals surface area contributed by atoms with Crippen molar-refractivity contribution >= 4 is 21.7 Å². The fourth-order valence-corrected chi connectivity index (χ4v) is 2.02. The Morgan fingerprint density at radius 2 is 2.21 bits per heavy atom. The first-order valence-electron chi connectivity index (χ1n) is 4.94. The van der Waals surface area contributed by atoms with Crippen molar-refractivity contribution in [2.75, 3.05) is 18.4 Å². The van der Waals surface area contributed by atoms with Crippen molar-refractivity contribution in [3.05, 3.63) is 22.8 Å². The van der Waals surface area contributed by atoms with Gasteiger partial charge in [0.05, 0.1) is 4.47 Å². The number of aromatic nitrogens is 1. The minimum Gasteiger partial charge on any atom is -0.366 e. The maximum atomic E-state index is 4.29. The molecule has 0 saturated carbocycles. The number of hydrogen-bond donors (Lipinski definition) is 2. The van der Waals surface area contributed by atoms with Gasteiger partial charge in [0.15, 0.2) is 0 Å². The van der Waals surface area contributed by atoms with Crippen LogP contribution in [0.15, 0.2) is 22.8 Å². The summed E-state index contributed by atoms with van der Waals surface area (Å²) in [6, 6.07) is 4.50. The van der Waals surface area contributed by atoms with Crippen LogP contribution in [-0.4, -0.2) is 24.1 Å². The second kappa shape index (κ2) is 4.75. The molecule has 0 radical (unpaired) electrons. The molecule has 14 heavy (non-hydrogen) atoms. The number of rotatable bonds is 2. The van der Waals surface area contributed by atoms with E-state index < -0.39 is 0 Å². The lowest BCUT2D eigenvalue weighted by Gasteiger charge is -2.24. The molecular weight excluding hydrogens is 242 g/mol. The van der Waals surface area contributed by atoms with E-state index in [2.05, 4.69) is 31.5 Å². The van der Waals surface area contributed by atoms with Gasteiger partial charge in [-0.3, -0.25) is 0 Å². The molecule has 1 aromatic heterocycles. The van der Waals surface area contributed by atoms with Crippen molar-refractivity contribution in [3.8, 4) is 0 Å². The average Bonchev–Trinajstić information content (AvgIpc) is 2.23. The first-order chi connectivity index (χ1) is 6.86. The molecule has 1 aromatic rings. The van der Waals surface area contributed by atoms with Crippen LogP contribution in [0.25, 0.3) is 0 Å². The Morgan fingerprint density at radius 3 is 2.93 bits per heavy atom. The lowest BCUT2D eigenvalue weighted by atomic mass is 10.1. The first-order valence-corrected chi connectivity index (χ1v) is 5.73. The third-order valence-corrected chi connectivity index (χ3v) is 3.08. The van der Waals surface area contributed by atoms with E-state index in [1.807, 2.05) is 18.3 Å². The largest absolute Gasteiger partial charge is 0.366 e. The number of pyridine rings is 1. The number of nitrogens with one attached hydrogen (secondary N) is 2. The Morgan fingerprint density at radius 1 is 1.43 bits per heavy atom. The summed E-state index contributed by atoms with van der Waals surface area (Å²) in [7, 11) is 0. The van der Waals surface area contributed by atoms with Gasteiger partial charge in [0, 0.05) is 12.2 Å². The zero-order valence-electron chi connectivity index (χ0n) is 7.96. The van der Waals surface area contributed by atoms with Gasteiger partial charge in [-0.15, -0.1) is 0 Å². The highest BCUT2D eigenvalue weighted by atomic mass is 79.9. The van der Waals surface area contributed by atoms with Crippen molar-refractivity contribution in [1.82, 2.24) is 10.3 Å². The summed E-state index contributed by atoms with van der Waals surface area (Å²) < 4.78 is 1.04. The average molecular weight is 256 g/mol. The zero-order valence-corrected chi connectivity index (χ0v) is 9.55. The van der Waals surface area contributed by atoms with Crippen LogP contribution in [0.2, 0.25) is 0 Å². The van der Waals surface area contributed by atoms with Gasteiger partial charge in [0.2, 0.25) is 0 Å². The second-order valence-electron chi connectivity index (χ2n) is 3.50. The Kier molecular flexibility index (Phi) is 3.37. The molecule has 2 rings (SSSR count). The third-order valence-electron chi connectivity index (χ3n) is 2.44. The molecule has 4 heteroatoms. The Balaban J connectivity index is 1.99. The van der Waals surface area contributed by atoms with Crippen LogP contribution in [0, 0.1) is 0 Å². The molecule has 0 atom stereocenters. The van der Waals surface area contributed by atoms with Crippen LogP contribution in [0.1, 0.15) is 12.8 Å². The van der Waals surface area contributed by atoms with E-state index in [9.17, 15) is 0 Å². The highest BCUT2D eigenvalue weighted by Gasteiger charge is 2.13. The van der Waals surface area contributed by atoms with Crippen molar-refractivity contribution in [3.63, 3.8) is 0 Å². The first kappa shape index (κ1) is 9.93. The van der Waals surface area contributed by atoms with E-state index >= 15 is 0 Å². The SMILES string of the molecule is Brc1cccnc1NC1CCNCC1. The lowest BCUT2D eigenvalue weighted by molar-refractivity contribution is 0.478. The quantitative estimate of drug-likeness (QED) is 0.849. The van der Waals surface area contributed by atoms with Gasteiger partial charge in [-0.05, 0) is 54.0 Å². The number of hydrogen-bond acceptors (Lipinski definition) is 3. The standard InChI is InChI=1S/C10H14BrN3/c11-9-2-1-5-13-10(9)14-8-3-6-12-7-4-8/h1-2,5,8,12H,3-4,6-7H2,(H,13,14). The highest BCUT2D eigenvalue weighted by molar-refractivity contribution is 9.10. The summed E-state index contributed by atoms with van der Waals surface area (Å²) in [5, 5.41) is 6.79. The molecular formula is C10H14BrN3. The number of piperidine rings is 1. The lowest BCUT2D eigenvalue weighted by Crippen LogP contribution is -2.35. The summed E-state index contributed by atoms with van der Waals surface area (Å²) >= 11 is 3.48. The topological polar surface area (TPSA) is 37.0 Å². The van der Waals surface area contributed by atoms with Crippen LogP contribution in [0.5, 0.6) is 0 Å². The van der Waals surface area contributed by atoms with Crippen molar-refractivity contribution in [2.45, 2.75) is 18.9 Å². The molecule has 0 aliphatic carbocycles. The molecule has 2 heterocycles. The van der Waals surface area contributed by atoms with Crippen LogP contribution in [0.3, 0.4) is 0 Å². The highest BCUT2D eigenvalue weighted by Crippen LogP contribution is 2.20. The van der Waals surface area contributed by atoms with E-state index in [1.54, 1.807) is 0 Å². The van der Waals surface area contributed by atoms with Gasteiger partial charge in [0.25, 0.3) is 0 Å².